The lowest BCUT2D eigenvalue weighted by Gasteiger charge is -2.06. The Bertz CT molecular complexity index is 325. The summed E-state index contributed by atoms with van der Waals surface area (Å²) >= 11 is 8.21. The summed E-state index contributed by atoms with van der Waals surface area (Å²) in [5.41, 5.74) is 0. The van der Waals surface area contributed by atoms with Crippen molar-refractivity contribution in [3.05, 3.63) is 29.5 Å². The zero-order chi connectivity index (χ0) is 10.4. The lowest BCUT2D eigenvalue weighted by Crippen LogP contribution is -2.29. The second kappa shape index (κ2) is 5.66. The van der Waals surface area contributed by atoms with E-state index in [0.29, 0.717) is 17.6 Å². The summed E-state index contributed by atoms with van der Waals surface area (Å²) in [6.45, 7) is 4.18. The molecule has 0 aromatic carbocycles. The van der Waals surface area contributed by atoms with Crippen LogP contribution in [0.5, 0.6) is 0 Å². The van der Waals surface area contributed by atoms with E-state index >= 15 is 0 Å². The molecule has 0 aliphatic rings. The van der Waals surface area contributed by atoms with E-state index < -0.39 is 0 Å². The Labute approximate surface area is 96.0 Å². The van der Waals surface area contributed by atoms with E-state index in [2.05, 4.69) is 43.1 Å². The Morgan fingerprint density at radius 1 is 1.57 bits per heavy atom. The van der Waals surface area contributed by atoms with Gasteiger partial charge in [-0.2, -0.15) is 0 Å². The predicted octanol–water partition coefficient (Wildman–Crippen LogP) is 1.71. The standard InChI is InChI=1S/C8H9BrN4S/c1-2-3-10-8(14)13-7-11-4-6(9)5-12-7/h2,4-5H,1,3H2,(H2,10,11,12,13,14). The van der Waals surface area contributed by atoms with Crippen LogP contribution >= 0.6 is 28.1 Å². The Balaban J connectivity index is 2.47. The minimum Gasteiger partial charge on any atom is -0.359 e. The van der Waals surface area contributed by atoms with Crippen LogP contribution in [0.1, 0.15) is 0 Å². The molecule has 1 aromatic rings. The highest BCUT2D eigenvalue weighted by molar-refractivity contribution is 9.10. The number of hydrogen-bond acceptors (Lipinski definition) is 3. The molecule has 0 bridgehead atoms. The Morgan fingerprint density at radius 3 is 2.79 bits per heavy atom. The van der Waals surface area contributed by atoms with Gasteiger partial charge in [0, 0.05) is 18.9 Å². The molecule has 1 rings (SSSR count). The van der Waals surface area contributed by atoms with Gasteiger partial charge in [-0.25, -0.2) is 9.97 Å². The Kier molecular flexibility index (Phi) is 4.48. The quantitative estimate of drug-likeness (QED) is 0.648. The normalized spacial score (nSPS) is 9.21. The number of thiocarbonyl (C=S) groups is 1. The van der Waals surface area contributed by atoms with Crippen LogP contribution in [0.3, 0.4) is 0 Å². The molecule has 0 unspecified atom stereocenters. The van der Waals surface area contributed by atoms with Crippen LogP contribution in [0.15, 0.2) is 29.5 Å². The maximum atomic E-state index is 4.97. The van der Waals surface area contributed by atoms with Crippen molar-refractivity contribution < 1.29 is 0 Å². The molecule has 0 saturated carbocycles. The highest BCUT2D eigenvalue weighted by Gasteiger charge is 1.97. The number of anilines is 1. The van der Waals surface area contributed by atoms with Crippen molar-refractivity contribution in [2.24, 2.45) is 0 Å². The summed E-state index contributed by atoms with van der Waals surface area (Å²) in [5.74, 6) is 0.467. The van der Waals surface area contributed by atoms with Crippen LogP contribution in [-0.2, 0) is 0 Å². The van der Waals surface area contributed by atoms with Crippen LogP contribution < -0.4 is 10.6 Å². The van der Waals surface area contributed by atoms with Gasteiger partial charge in [0.25, 0.3) is 0 Å². The SMILES string of the molecule is C=CCNC(=S)Nc1ncc(Br)cn1. The molecule has 0 atom stereocenters. The van der Waals surface area contributed by atoms with Gasteiger partial charge in [0.2, 0.25) is 5.95 Å². The van der Waals surface area contributed by atoms with Gasteiger partial charge in [-0.3, -0.25) is 0 Å². The first-order valence-corrected chi connectivity index (χ1v) is 5.06. The van der Waals surface area contributed by atoms with Crippen molar-refractivity contribution in [3.8, 4) is 0 Å². The van der Waals surface area contributed by atoms with Crippen LogP contribution in [0, 0.1) is 0 Å². The second-order valence-electron chi connectivity index (χ2n) is 2.35. The summed E-state index contributed by atoms with van der Waals surface area (Å²) < 4.78 is 0.827. The van der Waals surface area contributed by atoms with Gasteiger partial charge in [-0.15, -0.1) is 6.58 Å². The van der Waals surface area contributed by atoms with Gasteiger partial charge in [-0.1, -0.05) is 6.08 Å². The molecule has 4 nitrogen and oxygen atoms in total. The minimum atomic E-state index is 0.467. The Hall–Kier alpha value is -1.01. The van der Waals surface area contributed by atoms with Gasteiger partial charge in [0.05, 0.1) is 4.47 Å². The highest BCUT2D eigenvalue weighted by Crippen LogP contribution is 2.06. The maximum Gasteiger partial charge on any atom is 0.228 e. The first-order valence-electron chi connectivity index (χ1n) is 3.85. The molecule has 0 spiro atoms. The summed E-state index contributed by atoms with van der Waals surface area (Å²) in [5, 5.41) is 6.22. The molecule has 1 heterocycles. The molecule has 0 radical (unpaired) electrons. The molecule has 1 aromatic heterocycles. The largest absolute Gasteiger partial charge is 0.359 e. The predicted molar refractivity (Wildman–Crippen MR) is 64.2 cm³/mol. The number of aromatic nitrogens is 2. The molecule has 0 fully saturated rings. The molecule has 0 aliphatic heterocycles. The molecule has 0 saturated heterocycles. The first-order chi connectivity index (χ1) is 6.72. The smallest absolute Gasteiger partial charge is 0.228 e. The van der Waals surface area contributed by atoms with Gasteiger partial charge in [0.1, 0.15) is 0 Å². The van der Waals surface area contributed by atoms with Gasteiger partial charge in [-0.05, 0) is 28.1 Å². The van der Waals surface area contributed by atoms with E-state index in [-0.39, 0.29) is 0 Å². The zero-order valence-corrected chi connectivity index (χ0v) is 9.73. The Morgan fingerprint density at radius 2 is 2.21 bits per heavy atom. The fourth-order valence-electron chi connectivity index (χ4n) is 0.687. The first kappa shape index (κ1) is 11.1. The third kappa shape index (κ3) is 3.80. The van der Waals surface area contributed by atoms with Crippen molar-refractivity contribution in [1.29, 1.82) is 0 Å². The van der Waals surface area contributed by atoms with Crippen LogP contribution in [0.4, 0.5) is 5.95 Å². The van der Waals surface area contributed by atoms with Crippen molar-refractivity contribution in [2.45, 2.75) is 0 Å². The highest BCUT2D eigenvalue weighted by atomic mass is 79.9. The average Bonchev–Trinajstić information content (AvgIpc) is 2.18. The number of rotatable bonds is 3. The molecule has 74 valence electrons. The lowest BCUT2D eigenvalue weighted by atomic mass is 10.6. The van der Waals surface area contributed by atoms with E-state index in [0.717, 1.165) is 4.47 Å². The molecule has 2 N–H and O–H groups in total. The van der Waals surface area contributed by atoms with E-state index in [1.165, 1.54) is 0 Å². The fourth-order valence-corrected chi connectivity index (χ4v) is 1.07. The number of nitrogens with one attached hydrogen (secondary N) is 2. The van der Waals surface area contributed by atoms with Gasteiger partial charge < -0.3 is 10.6 Å². The van der Waals surface area contributed by atoms with Crippen molar-refractivity contribution in [2.75, 3.05) is 11.9 Å². The molecule has 0 aliphatic carbocycles. The van der Waals surface area contributed by atoms with E-state index in [4.69, 9.17) is 12.2 Å². The molecular weight excluding hydrogens is 264 g/mol. The number of nitrogens with zero attached hydrogens (tertiary/aromatic N) is 2. The molecule has 0 amide bonds. The second-order valence-corrected chi connectivity index (χ2v) is 3.67. The van der Waals surface area contributed by atoms with Crippen LogP contribution in [-0.4, -0.2) is 21.6 Å². The average molecular weight is 273 g/mol. The van der Waals surface area contributed by atoms with E-state index in [1.807, 2.05) is 0 Å². The summed E-state index contributed by atoms with van der Waals surface area (Å²) in [4.78, 5) is 8.01. The van der Waals surface area contributed by atoms with Crippen LogP contribution in [0.2, 0.25) is 0 Å². The van der Waals surface area contributed by atoms with E-state index in [1.54, 1.807) is 18.5 Å². The third-order valence-corrected chi connectivity index (χ3v) is 1.91. The lowest BCUT2D eigenvalue weighted by molar-refractivity contribution is 1.05. The summed E-state index contributed by atoms with van der Waals surface area (Å²) in [6.07, 6.45) is 5.01. The minimum absolute atomic E-state index is 0.467. The van der Waals surface area contributed by atoms with E-state index in [9.17, 15) is 0 Å². The van der Waals surface area contributed by atoms with Crippen molar-refractivity contribution in [1.82, 2.24) is 15.3 Å². The molecule has 14 heavy (non-hydrogen) atoms. The topological polar surface area (TPSA) is 49.8 Å². The van der Waals surface area contributed by atoms with Crippen molar-refractivity contribution in [3.63, 3.8) is 0 Å². The number of hydrogen-bond donors (Lipinski definition) is 2. The summed E-state index contributed by atoms with van der Waals surface area (Å²) in [7, 11) is 0. The van der Waals surface area contributed by atoms with Crippen molar-refractivity contribution >= 4 is 39.2 Å². The third-order valence-electron chi connectivity index (χ3n) is 1.25. The number of halogens is 1. The monoisotopic (exact) mass is 272 g/mol. The zero-order valence-electron chi connectivity index (χ0n) is 7.33. The van der Waals surface area contributed by atoms with Gasteiger partial charge >= 0.3 is 0 Å². The van der Waals surface area contributed by atoms with Crippen LogP contribution in [0.25, 0.3) is 0 Å². The summed E-state index contributed by atoms with van der Waals surface area (Å²) in [6, 6.07) is 0. The van der Waals surface area contributed by atoms with Gasteiger partial charge in [0.15, 0.2) is 5.11 Å². The molecule has 6 heteroatoms. The fraction of sp³-hybridized carbons (Fsp3) is 0.125. The maximum absolute atomic E-state index is 4.97. The molecular formula is C8H9BrN4S.